The topological polar surface area (TPSA) is 54.1 Å². The molecule has 0 spiro atoms. The molecule has 0 aromatic heterocycles. The number of hydrogen-bond acceptors (Lipinski definition) is 4. The van der Waals surface area contributed by atoms with E-state index in [0.717, 1.165) is 25.7 Å². The first-order valence-electron chi connectivity index (χ1n) is 5.51. The molecule has 0 amide bonds. The van der Waals surface area contributed by atoms with Crippen molar-refractivity contribution in [2.75, 3.05) is 0 Å². The lowest BCUT2D eigenvalue weighted by Crippen LogP contribution is -2.27. The third-order valence-corrected chi connectivity index (χ3v) is 2.44. The molecule has 0 aromatic carbocycles. The van der Waals surface area contributed by atoms with E-state index in [1.165, 1.54) is 6.42 Å². The Hall–Kier alpha value is -1.02. The Kier molecular flexibility index (Phi) is 3.75. The van der Waals surface area contributed by atoms with Crippen LogP contribution in [0.5, 0.6) is 0 Å². The van der Waals surface area contributed by atoms with Crippen LogP contribution in [-0.2, 0) is 4.79 Å². The van der Waals surface area contributed by atoms with Gasteiger partial charge in [0.2, 0.25) is 6.08 Å². The minimum absolute atomic E-state index is 0.206. The van der Waals surface area contributed by atoms with E-state index in [4.69, 9.17) is 0 Å². The lowest BCUT2D eigenvalue weighted by Gasteiger charge is -2.27. The molecule has 0 bridgehead atoms. The van der Waals surface area contributed by atoms with Crippen LogP contribution in [0.15, 0.2) is 15.2 Å². The molecule has 1 saturated carbocycles. The van der Waals surface area contributed by atoms with Gasteiger partial charge in [0.25, 0.3) is 0 Å². The average molecular weight is 209 g/mol. The van der Waals surface area contributed by atoms with Crippen molar-refractivity contribution in [1.82, 2.24) is 0 Å². The second-order valence-electron chi connectivity index (χ2n) is 5.12. The summed E-state index contributed by atoms with van der Waals surface area (Å²) in [6, 6.07) is 0. The number of nitrogens with zero attached hydrogens (tertiary/aromatic N) is 3. The molecular formula is C11H19N3O. The third-order valence-electron chi connectivity index (χ3n) is 2.44. The largest absolute Gasteiger partial charge is 0.237 e. The molecule has 0 N–H and O–H groups in total. The van der Waals surface area contributed by atoms with Gasteiger partial charge in [-0.05, 0) is 46.5 Å². The molecule has 0 unspecified atom stereocenters. The number of isocyanates is 1. The number of hydrogen-bond donors (Lipinski definition) is 0. The maximum absolute atomic E-state index is 10.4. The Morgan fingerprint density at radius 2 is 1.73 bits per heavy atom. The first-order chi connectivity index (χ1) is 6.97. The number of azo groups is 1. The minimum Gasteiger partial charge on any atom is -0.211 e. The fourth-order valence-electron chi connectivity index (χ4n) is 1.68. The van der Waals surface area contributed by atoms with Gasteiger partial charge in [-0.3, -0.25) is 0 Å². The molecule has 0 radical (unpaired) electrons. The maximum Gasteiger partial charge on any atom is 0.237 e. The van der Waals surface area contributed by atoms with Crippen LogP contribution < -0.4 is 0 Å². The van der Waals surface area contributed by atoms with Gasteiger partial charge in [0.1, 0.15) is 0 Å². The highest BCUT2D eigenvalue weighted by Crippen LogP contribution is 2.33. The van der Waals surface area contributed by atoms with Gasteiger partial charge in [0.05, 0.1) is 5.54 Å². The van der Waals surface area contributed by atoms with Crippen molar-refractivity contribution in [3.8, 4) is 0 Å². The molecule has 0 atom stereocenters. The molecule has 0 aliphatic heterocycles. The van der Waals surface area contributed by atoms with Gasteiger partial charge in [-0.1, -0.05) is 6.42 Å². The molecule has 0 aromatic rings. The van der Waals surface area contributed by atoms with Crippen LogP contribution in [-0.4, -0.2) is 17.3 Å². The molecule has 15 heavy (non-hydrogen) atoms. The zero-order valence-corrected chi connectivity index (χ0v) is 9.79. The standard InChI is InChI=1S/C11H19N3O/c1-10(2,3)13-14-11(12-9-15)7-5-4-6-8-11/h4-8H2,1-3H3/b14-13+. The van der Waals surface area contributed by atoms with E-state index in [2.05, 4.69) is 15.2 Å². The van der Waals surface area contributed by atoms with Crippen molar-refractivity contribution in [3.63, 3.8) is 0 Å². The summed E-state index contributed by atoms with van der Waals surface area (Å²) in [5.74, 6) is 0. The van der Waals surface area contributed by atoms with Gasteiger partial charge < -0.3 is 0 Å². The number of aliphatic imine (C=N–C) groups is 1. The lowest BCUT2D eigenvalue weighted by molar-refractivity contribution is 0.286. The smallest absolute Gasteiger partial charge is 0.211 e. The molecule has 4 heteroatoms. The van der Waals surface area contributed by atoms with Crippen LogP contribution >= 0.6 is 0 Å². The quantitative estimate of drug-likeness (QED) is 0.391. The Bertz CT molecular complexity index is 279. The van der Waals surface area contributed by atoms with E-state index >= 15 is 0 Å². The van der Waals surface area contributed by atoms with Crippen LogP contribution in [0.4, 0.5) is 0 Å². The van der Waals surface area contributed by atoms with Crippen molar-refractivity contribution < 1.29 is 4.79 Å². The highest BCUT2D eigenvalue weighted by atomic mass is 16.1. The minimum atomic E-state index is -0.604. The van der Waals surface area contributed by atoms with E-state index in [9.17, 15) is 4.79 Å². The Morgan fingerprint density at radius 1 is 1.13 bits per heavy atom. The van der Waals surface area contributed by atoms with Gasteiger partial charge in [-0.15, -0.1) is 0 Å². The van der Waals surface area contributed by atoms with Crippen molar-refractivity contribution in [1.29, 1.82) is 0 Å². The fraction of sp³-hybridized carbons (Fsp3) is 0.909. The summed E-state index contributed by atoms with van der Waals surface area (Å²) in [7, 11) is 0. The predicted octanol–water partition coefficient (Wildman–Crippen LogP) is 3.23. The summed E-state index contributed by atoms with van der Waals surface area (Å²) in [5, 5.41) is 8.49. The van der Waals surface area contributed by atoms with Crippen molar-refractivity contribution in [3.05, 3.63) is 0 Å². The second kappa shape index (κ2) is 4.67. The first-order valence-corrected chi connectivity index (χ1v) is 5.51. The average Bonchev–Trinajstić information content (AvgIpc) is 2.16. The Labute approximate surface area is 90.9 Å². The SMILES string of the molecule is CC(C)(C)/N=N/C1(N=C=O)CCCCC1. The van der Waals surface area contributed by atoms with Gasteiger partial charge in [-0.2, -0.15) is 15.2 Å². The van der Waals surface area contributed by atoms with Crippen LogP contribution in [0.1, 0.15) is 52.9 Å². The summed E-state index contributed by atoms with van der Waals surface area (Å²) in [6.07, 6.45) is 6.60. The van der Waals surface area contributed by atoms with Crippen LogP contribution in [0.2, 0.25) is 0 Å². The molecular weight excluding hydrogens is 190 g/mol. The van der Waals surface area contributed by atoms with Crippen LogP contribution in [0, 0.1) is 0 Å². The summed E-state index contributed by atoms with van der Waals surface area (Å²) in [4.78, 5) is 14.3. The van der Waals surface area contributed by atoms with Gasteiger partial charge in [-0.25, -0.2) is 4.79 Å². The molecule has 4 nitrogen and oxygen atoms in total. The lowest BCUT2D eigenvalue weighted by atomic mass is 9.90. The highest BCUT2D eigenvalue weighted by Gasteiger charge is 2.32. The zero-order valence-electron chi connectivity index (χ0n) is 9.79. The van der Waals surface area contributed by atoms with Gasteiger partial charge in [0.15, 0.2) is 5.66 Å². The van der Waals surface area contributed by atoms with Gasteiger partial charge >= 0.3 is 0 Å². The number of rotatable bonds is 2. The maximum atomic E-state index is 10.4. The fourth-order valence-corrected chi connectivity index (χ4v) is 1.68. The normalized spacial score (nSPS) is 21.3. The van der Waals surface area contributed by atoms with Crippen molar-refractivity contribution in [2.24, 2.45) is 15.2 Å². The van der Waals surface area contributed by atoms with E-state index in [-0.39, 0.29) is 5.54 Å². The molecule has 0 saturated heterocycles. The van der Waals surface area contributed by atoms with Crippen LogP contribution in [0.25, 0.3) is 0 Å². The predicted molar refractivity (Wildman–Crippen MR) is 58.5 cm³/mol. The molecule has 1 aliphatic rings. The summed E-state index contributed by atoms with van der Waals surface area (Å²) >= 11 is 0. The monoisotopic (exact) mass is 209 g/mol. The summed E-state index contributed by atoms with van der Waals surface area (Å²) < 4.78 is 0. The summed E-state index contributed by atoms with van der Waals surface area (Å²) in [5.41, 5.74) is -0.809. The van der Waals surface area contributed by atoms with Crippen molar-refractivity contribution in [2.45, 2.75) is 64.1 Å². The number of carbonyl (C=O) groups excluding carboxylic acids is 1. The summed E-state index contributed by atoms with van der Waals surface area (Å²) in [6.45, 7) is 5.95. The van der Waals surface area contributed by atoms with Crippen LogP contribution in [0.3, 0.4) is 0 Å². The van der Waals surface area contributed by atoms with E-state index in [1.54, 1.807) is 6.08 Å². The first kappa shape index (κ1) is 12.1. The highest BCUT2D eigenvalue weighted by molar-refractivity contribution is 5.34. The molecule has 84 valence electrons. The second-order valence-corrected chi connectivity index (χ2v) is 5.12. The Morgan fingerprint density at radius 3 is 2.20 bits per heavy atom. The molecule has 1 aliphatic carbocycles. The van der Waals surface area contributed by atoms with E-state index in [0.29, 0.717) is 0 Å². The van der Waals surface area contributed by atoms with Crippen molar-refractivity contribution >= 4 is 6.08 Å². The Balaban J connectivity index is 2.81. The molecule has 1 fully saturated rings. The third kappa shape index (κ3) is 3.92. The van der Waals surface area contributed by atoms with E-state index in [1.807, 2.05) is 20.8 Å². The molecule has 0 heterocycles. The molecule has 1 rings (SSSR count). The van der Waals surface area contributed by atoms with E-state index < -0.39 is 5.66 Å². The zero-order chi connectivity index (χ0) is 11.4. The van der Waals surface area contributed by atoms with Gasteiger partial charge in [0, 0.05) is 0 Å².